The number of hydrogen-bond acceptors (Lipinski definition) is 6. The lowest BCUT2D eigenvalue weighted by atomic mass is 10.1. The van der Waals surface area contributed by atoms with Crippen LogP contribution in [0.15, 0.2) is 54.7 Å². The first-order chi connectivity index (χ1) is 14.9. The largest absolute Gasteiger partial charge is 0.462 e. The summed E-state index contributed by atoms with van der Waals surface area (Å²) in [6.07, 6.45) is 1.32. The molecule has 0 atom stereocenters. The van der Waals surface area contributed by atoms with Gasteiger partial charge < -0.3 is 10.1 Å². The average Bonchev–Trinajstić information content (AvgIpc) is 3.26. The third kappa shape index (κ3) is 3.46. The number of ether oxygens (including phenoxy) is 1. The normalized spacial score (nSPS) is 12.6. The summed E-state index contributed by atoms with van der Waals surface area (Å²) in [5.74, 6) is -1.69. The van der Waals surface area contributed by atoms with Gasteiger partial charge in [-0.3, -0.25) is 19.1 Å². The third-order valence-electron chi connectivity index (χ3n) is 4.85. The number of esters is 1. The van der Waals surface area contributed by atoms with Gasteiger partial charge in [0.25, 0.3) is 17.7 Å². The number of benzene rings is 2. The Balaban J connectivity index is 1.54. The Morgan fingerprint density at radius 1 is 1.00 bits per heavy atom. The zero-order chi connectivity index (χ0) is 22.1. The lowest BCUT2D eigenvalue weighted by Crippen LogP contribution is -2.29. The molecular formula is C22H18N4O5. The molecule has 0 unspecified atom stereocenters. The van der Waals surface area contributed by atoms with Gasteiger partial charge in [0.05, 0.1) is 29.6 Å². The number of fused-ring (bicyclic) bond motifs is 1. The van der Waals surface area contributed by atoms with Crippen molar-refractivity contribution in [1.82, 2.24) is 9.78 Å². The monoisotopic (exact) mass is 418 g/mol. The minimum Gasteiger partial charge on any atom is -0.462 e. The summed E-state index contributed by atoms with van der Waals surface area (Å²) in [5, 5.41) is 6.64. The van der Waals surface area contributed by atoms with E-state index in [2.05, 4.69) is 10.4 Å². The molecule has 0 saturated carbocycles. The molecule has 3 aromatic rings. The minimum absolute atomic E-state index is 0.139. The number of hydrogen-bond donors (Lipinski definition) is 1. The first kappa shape index (κ1) is 20.0. The van der Waals surface area contributed by atoms with Crippen LogP contribution in [-0.2, 0) is 11.8 Å². The summed E-state index contributed by atoms with van der Waals surface area (Å²) in [4.78, 5) is 51.0. The van der Waals surface area contributed by atoms with Crippen LogP contribution in [0, 0.1) is 0 Å². The van der Waals surface area contributed by atoms with E-state index in [0.717, 1.165) is 4.90 Å². The molecule has 1 N–H and O–H groups in total. The number of anilines is 2. The highest BCUT2D eigenvalue weighted by atomic mass is 16.5. The van der Waals surface area contributed by atoms with Gasteiger partial charge in [0, 0.05) is 12.6 Å². The number of carbonyl (C=O) groups is 4. The number of carbonyl (C=O) groups excluding carboxylic acids is 4. The van der Waals surface area contributed by atoms with Crippen LogP contribution in [-0.4, -0.2) is 40.1 Å². The number of aryl methyl sites for hydroxylation is 1. The Morgan fingerprint density at radius 2 is 1.61 bits per heavy atom. The molecule has 0 aliphatic carbocycles. The van der Waals surface area contributed by atoms with Crippen molar-refractivity contribution < 1.29 is 23.9 Å². The summed E-state index contributed by atoms with van der Waals surface area (Å²) < 4.78 is 6.33. The average molecular weight is 418 g/mol. The molecule has 9 nitrogen and oxygen atoms in total. The van der Waals surface area contributed by atoms with Crippen molar-refractivity contribution >= 4 is 35.2 Å². The molecule has 9 heteroatoms. The zero-order valence-corrected chi connectivity index (χ0v) is 16.8. The smallest absolute Gasteiger partial charge is 0.343 e. The van der Waals surface area contributed by atoms with Gasteiger partial charge in [-0.25, -0.2) is 9.69 Å². The second-order valence-corrected chi connectivity index (χ2v) is 6.74. The van der Waals surface area contributed by atoms with Crippen LogP contribution in [0.5, 0.6) is 0 Å². The molecule has 0 fully saturated rings. The van der Waals surface area contributed by atoms with Gasteiger partial charge in [0.2, 0.25) is 0 Å². The number of aromatic nitrogens is 2. The van der Waals surface area contributed by atoms with E-state index in [4.69, 9.17) is 4.74 Å². The highest BCUT2D eigenvalue weighted by Gasteiger charge is 2.36. The maximum Gasteiger partial charge on any atom is 0.343 e. The quantitative estimate of drug-likeness (QED) is 0.504. The molecule has 0 saturated heterocycles. The molecule has 31 heavy (non-hydrogen) atoms. The van der Waals surface area contributed by atoms with E-state index in [1.165, 1.54) is 35.1 Å². The predicted octanol–water partition coefficient (Wildman–Crippen LogP) is 2.65. The molecule has 0 spiro atoms. The lowest BCUT2D eigenvalue weighted by molar-refractivity contribution is 0.0527. The van der Waals surface area contributed by atoms with Gasteiger partial charge in [-0.15, -0.1) is 0 Å². The molecule has 3 amide bonds. The summed E-state index contributed by atoms with van der Waals surface area (Å²) in [7, 11) is 1.59. The molecule has 156 valence electrons. The van der Waals surface area contributed by atoms with E-state index in [0.29, 0.717) is 16.8 Å². The van der Waals surface area contributed by atoms with Gasteiger partial charge in [-0.05, 0) is 43.3 Å². The van der Waals surface area contributed by atoms with Gasteiger partial charge in [-0.2, -0.15) is 5.10 Å². The van der Waals surface area contributed by atoms with Crippen LogP contribution in [0.25, 0.3) is 0 Å². The first-order valence-electron chi connectivity index (χ1n) is 9.50. The number of nitrogens with one attached hydrogen (secondary N) is 1. The van der Waals surface area contributed by atoms with Crippen molar-refractivity contribution in [1.29, 1.82) is 0 Å². The van der Waals surface area contributed by atoms with Gasteiger partial charge in [0.1, 0.15) is 11.4 Å². The maximum absolute atomic E-state index is 12.7. The molecule has 2 heterocycles. The third-order valence-corrected chi connectivity index (χ3v) is 4.85. The van der Waals surface area contributed by atoms with Crippen molar-refractivity contribution in [3.8, 4) is 0 Å². The standard InChI is InChI=1S/C22H18N4O5/c1-3-31-22(30)17-12-23-25(2)18(17)24-19(27)13-8-10-14(11-9-13)26-20(28)15-6-4-5-7-16(15)21(26)29/h4-12H,3H2,1-2H3,(H,24,27). The highest BCUT2D eigenvalue weighted by Crippen LogP contribution is 2.28. The fraction of sp³-hybridized carbons (Fsp3) is 0.136. The minimum atomic E-state index is -0.591. The maximum atomic E-state index is 12.7. The fourth-order valence-electron chi connectivity index (χ4n) is 3.31. The first-order valence-corrected chi connectivity index (χ1v) is 9.50. The summed E-state index contributed by atoms with van der Waals surface area (Å²) in [6.45, 7) is 1.88. The summed E-state index contributed by atoms with van der Waals surface area (Å²) >= 11 is 0. The Labute approximate surface area is 177 Å². The SMILES string of the molecule is CCOC(=O)c1cnn(C)c1NC(=O)c1ccc(N2C(=O)c3ccccc3C2=O)cc1. The van der Waals surface area contributed by atoms with Crippen LogP contribution in [0.1, 0.15) is 48.4 Å². The number of nitrogens with zero attached hydrogens (tertiary/aromatic N) is 3. The van der Waals surface area contributed by atoms with Crippen LogP contribution >= 0.6 is 0 Å². The van der Waals surface area contributed by atoms with Crippen molar-refractivity contribution in [2.75, 3.05) is 16.8 Å². The van der Waals surface area contributed by atoms with E-state index in [9.17, 15) is 19.2 Å². The second kappa shape index (κ2) is 7.86. The number of amides is 3. The summed E-state index contributed by atoms with van der Waals surface area (Å²) in [5.41, 5.74) is 1.46. The van der Waals surface area contributed by atoms with Crippen molar-refractivity contribution in [2.24, 2.45) is 7.05 Å². The lowest BCUT2D eigenvalue weighted by Gasteiger charge is -2.14. The predicted molar refractivity (Wildman–Crippen MR) is 111 cm³/mol. The molecule has 0 radical (unpaired) electrons. The van der Waals surface area contributed by atoms with Gasteiger partial charge in [0.15, 0.2) is 0 Å². The van der Waals surface area contributed by atoms with Crippen LogP contribution in [0.2, 0.25) is 0 Å². The Kier molecular flexibility index (Phi) is 5.08. The number of imide groups is 1. The Bertz CT molecular complexity index is 1180. The number of rotatable bonds is 5. The van der Waals surface area contributed by atoms with Crippen LogP contribution < -0.4 is 10.2 Å². The molecule has 4 rings (SSSR count). The van der Waals surface area contributed by atoms with Crippen molar-refractivity contribution in [2.45, 2.75) is 6.92 Å². The zero-order valence-electron chi connectivity index (χ0n) is 16.8. The Hall–Kier alpha value is -4.27. The Morgan fingerprint density at radius 3 is 2.19 bits per heavy atom. The second-order valence-electron chi connectivity index (χ2n) is 6.74. The molecular weight excluding hydrogens is 400 g/mol. The van der Waals surface area contributed by atoms with Gasteiger partial charge in [-0.1, -0.05) is 12.1 Å². The molecule has 2 aromatic carbocycles. The fourth-order valence-corrected chi connectivity index (χ4v) is 3.31. The van der Waals surface area contributed by atoms with Crippen LogP contribution in [0.3, 0.4) is 0 Å². The van der Waals surface area contributed by atoms with Crippen molar-refractivity contribution in [3.63, 3.8) is 0 Å². The van der Waals surface area contributed by atoms with Crippen molar-refractivity contribution in [3.05, 3.63) is 77.0 Å². The van der Waals surface area contributed by atoms with E-state index in [1.54, 1.807) is 38.2 Å². The molecule has 1 aliphatic heterocycles. The van der Waals surface area contributed by atoms with E-state index >= 15 is 0 Å². The molecule has 0 bridgehead atoms. The van der Waals surface area contributed by atoms with E-state index < -0.39 is 23.7 Å². The van der Waals surface area contributed by atoms with E-state index in [1.807, 2.05) is 0 Å². The van der Waals surface area contributed by atoms with Gasteiger partial charge >= 0.3 is 5.97 Å². The van der Waals surface area contributed by atoms with Crippen LogP contribution in [0.4, 0.5) is 11.5 Å². The molecule has 1 aliphatic rings. The summed E-state index contributed by atoms with van der Waals surface area (Å²) in [6, 6.07) is 12.6. The highest BCUT2D eigenvalue weighted by molar-refractivity contribution is 6.34. The topological polar surface area (TPSA) is 111 Å². The van der Waals surface area contributed by atoms with E-state index in [-0.39, 0.29) is 23.6 Å². The molecule has 1 aromatic heterocycles.